The second kappa shape index (κ2) is 5.32. The summed E-state index contributed by atoms with van der Waals surface area (Å²) in [5.74, 6) is 0. The van der Waals surface area contributed by atoms with Gasteiger partial charge in [-0.3, -0.25) is 0 Å². The zero-order chi connectivity index (χ0) is 10.6. The number of ether oxygens (including phenoxy) is 1. The van der Waals surface area contributed by atoms with Gasteiger partial charge in [0.2, 0.25) is 0 Å². The van der Waals surface area contributed by atoms with Crippen LogP contribution in [0.15, 0.2) is 18.2 Å². The number of halogens is 1. The third kappa shape index (κ3) is 2.45. The number of hydrogen-bond acceptors (Lipinski definition) is 3. The molecule has 78 valence electrons. The first-order valence-corrected chi connectivity index (χ1v) is 4.71. The molecule has 1 aromatic rings. The van der Waals surface area contributed by atoms with Crippen molar-refractivity contribution in [2.24, 2.45) is 5.73 Å². The molecule has 0 aliphatic carbocycles. The van der Waals surface area contributed by atoms with E-state index in [0.29, 0.717) is 11.6 Å². The van der Waals surface area contributed by atoms with Gasteiger partial charge >= 0.3 is 0 Å². The molecular weight excluding hydrogens is 202 g/mol. The van der Waals surface area contributed by atoms with Crippen molar-refractivity contribution in [3.05, 3.63) is 34.3 Å². The van der Waals surface area contributed by atoms with E-state index < -0.39 is 6.04 Å². The third-order valence-corrected chi connectivity index (χ3v) is 2.34. The van der Waals surface area contributed by atoms with Crippen molar-refractivity contribution in [3.8, 4) is 0 Å². The maximum absolute atomic E-state index is 8.98. The molecule has 0 aromatic heterocycles. The minimum Gasteiger partial charge on any atom is -0.394 e. The van der Waals surface area contributed by atoms with Gasteiger partial charge in [0.25, 0.3) is 0 Å². The largest absolute Gasteiger partial charge is 0.394 e. The van der Waals surface area contributed by atoms with E-state index in [-0.39, 0.29) is 6.61 Å². The summed E-state index contributed by atoms with van der Waals surface area (Å²) in [5.41, 5.74) is 7.42. The summed E-state index contributed by atoms with van der Waals surface area (Å²) in [6.07, 6.45) is 0. The first-order chi connectivity index (χ1) is 6.70. The first-order valence-electron chi connectivity index (χ1n) is 4.33. The van der Waals surface area contributed by atoms with Crippen LogP contribution in [0, 0.1) is 0 Å². The van der Waals surface area contributed by atoms with Crippen molar-refractivity contribution in [1.82, 2.24) is 0 Å². The highest BCUT2D eigenvalue weighted by Crippen LogP contribution is 2.25. The smallest absolute Gasteiger partial charge is 0.0716 e. The van der Waals surface area contributed by atoms with Crippen LogP contribution in [-0.4, -0.2) is 18.8 Å². The second-order valence-corrected chi connectivity index (χ2v) is 3.44. The fourth-order valence-electron chi connectivity index (χ4n) is 1.37. The van der Waals surface area contributed by atoms with Crippen LogP contribution in [0.25, 0.3) is 0 Å². The van der Waals surface area contributed by atoms with Gasteiger partial charge in [-0.2, -0.15) is 0 Å². The molecule has 1 unspecified atom stereocenters. The van der Waals surface area contributed by atoms with Crippen LogP contribution in [0.4, 0.5) is 0 Å². The monoisotopic (exact) mass is 215 g/mol. The summed E-state index contributed by atoms with van der Waals surface area (Å²) in [6, 6.07) is 5.03. The minimum atomic E-state index is -0.450. The van der Waals surface area contributed by atoms with Crippen molar-refractivity contribution in [2.75, 3.05) is 13.7 Å². The van der Waals surface area contributed by atoms with Gasteiger partial charge in [0.15, 0.2) is 0 Å². The maximum atomic E-state index is 8.98. The van der Waals surface area contributed by atoms with Gasteiger partial charge in [0.1, 0.15) is 0 Å². The number of hydrogen-bond donors (Lipinski definition) is 2. The molecule has 0 heterocycles. The van der Waals surface area contributed by atoms with E-state index in [0.717, 1.165) is 11.1 Å². The van der Waals surface area contributed by atoms with Gasteiger partial charge in [0.05, 0.1) is 19.3 Å². The molecule has 3 N–H and O–H groups in total. The predicted molar refractivity (Wildman–Crippen MR) is 56.2 cm³/mol. The molecule has 1 aromatic carbocycles. The van der Waals surface area contributed by atoms with Crippen molar-refractivity contribution in [1.29, 1.82) is 0 Å². The maximum Gasteiger partial charge on any atom is 0.0716 e. The van der Waals surface area contributed by atoms with Gasteiger partial charge in [-0.1, -0.05) is 23.7 Å². The second-order valence-electron chi connectivity index (χ2n) is 3.03. The van der Waals surface area contributed by atoms with Crippen LogP contribution in [-0.2, 0) is 11.3 Å². The van der Waals surface area contributed by atoms with Gasteiger partial charge in [-0.05, 0) is 17.2 Å². The Morgan fingerprint density at radius 3 is 2.86 bits per heavy atom. The normalized spacial score (nSPS) is 12.9. The Labute approximate surface area is 88.4 Å². The topological polar surface area (TPSA) is 55.5 Å². The van der Waals surface area contributed by atoms with Crippen LogP contribution >= 0.6 is 11.6 Å². The lowest BCUT2D eigenvalue weighted by Gasteiger charge is -2.15. The van der Waals surface area contributed by atoms with Crippen molar-refractivity contribution in [2.45, 2.75) is 12.6 Å². The molecule has 0 saturated heterocycles. The molecule has 0 spiro atoms. The van der Waals surface area contributed by atoms with Crippen LogP contribution in [0.1, 0.15) is 17.2 Å². The SMILES string of the molecule is COCc1cccc(Cl)c1C(N)CO. The van der Waals surface area contributed by atoms with Gasteiger partial charge in [0, 0.05) is 12.1 Å². The molecular formula is C10H14ClNO2. The van der Waals surface area contributed by atoms with E-state index in [1.807, 2.05) is 12.1 Å². The number of nitrogens with two attached hydrogens (primary N) is 1. The van der Waals surface area contributed by atoms with Crippen LogP contribution in [0.3, 0.4) is 0 Å². The summed E-state index contributed by atoms with van der Waals surface area (Å²) in [7, 11) is 1.61. The molecule has 1 rings (SSSR count). The minimum absolute atomic E-state index is 0.125. The molecule has 0 fully saturated rings. The van der Waals surface area contributed by atoms with Gasteiger partial charge in [-0.15, -0.1) is 0 Å². The number of aliphatic hydroxyl groups is 1. The van der Waals surface area contributed by atoms with Crippen LogP contribution in [0.2, 0.25) is 5.02 Å². The quantitative estimate of drug-likeness (QED) is 0.800. The van der Waals surface area contributed by atoms with E-state index in [4.69, 9.17) is 27.2 Å². The van der Waals surface area contributed by atoms with Crippen LogP contribution in [0.5, 0.6) is 0 Å². The first kappa shape index (κ1) is 11.5. The van der Waals surface area contributed by atoms with E-state index in [1.165, 1.54) is 0 Å². The third-order valence-electron chi connectivity index (χ3n) is 2.01. The number of benzene rings is 1. The number of methoxy groups -OCH3 is 1. The Morgan fingerprint density at radius 1 is 1.57 bits per heavy atom. The highest BCUT2D eigenvalue weighted by Gasteiger charge is 2.13. The summed E-state index contributed by atoms with van der Waals surface area (Å²) >= 11 is 5.99. The van der Waals surface area contributed by atoms with E-state index in [1.54, 1.807) is 13.2 Å². The van der Waals surface area contributed by atoms with E-state index >= 15 is 0 Å². The fourth-order valence-corrected chi connectivity index (χ4v) is 1.70. The molecule has 0 radical (unpaired) electrons. The lowest BCUT2D eigenvalue weighted by Crippen LogP contribution is -2.17. The van der Waals surface area contributed by atoms with Crippen molar-refractivity contribution >= 4 is 11.6 Å². The molecule has 0 bridgehead atoms. The molecule has 14 heavy (non-hydrogen) atoms. The van der Waals surface area contributed by atoms with Gasteiger partial charge in [-0.25, -0.2) is 0 Å². The molecule has 0 amide bonds. The Hall–Kier alpha value is -0.610. The summed E-state index contributed by atoms with van der Waals surface area (Å²) < 4.78 is 5.02. The van der Waals surface area contributed by atoms with Gasteiger partial charge < -0.3 is 15.6 Å². The Bertz CT molecular complexity index is 304. The Kier molecular flexibility index (Phi) is 4.35. The summed E-state index contributed by atoms with van der Waals surface area (Å²) in [4.78, 5) is 0. The lowest BCUT2D eigenvalue weighted by atomic mass is 10.0. The average Bonchev–Trinajstić information content (AvgIpc) is 2.18. The highest BCUT2D eigenvalue weighted by molar-refractivity contribution is 6.31. The summed E-state index contributed by atoms with van der Waals surface area (Å²) in [5, 5.41) is 9.55. The van der Waals surface area contributed by atoms with E-state index in [2.05, 4.69) is 0 Å². The zero-order valence-corrected chi connectivity index (χ0v) is 8.79. The zero-order valence-electron chi connectivity index (χ0n) is 8.03. The Morgan fingerprint density at radius 2 is 2.29 bits per heavy atom. The van der Waals surface area contributed by atoms with E-state index in [9.17, 15) is 0 Å². The molecule has 0 aliphatic heterocycles. The average molecular weight is 216 g/mol. The molecule has 0 aliphatic rings. The molecule has 4 heteroatoms. The molecule has 1 atom stereocenters. The van der Waals surface area contributed by atoms with Crippen molar-refractivity contribution < 1.29 is 9.84 Å². The van der Waals surface area contributed by atoms with Crippen molar-refractivity contribution in [3.63, 3.8) is 0 Å². The molecule has 3 nitrogen and oxygen atoms in total. The standard InChI is InChI=1S/C10H14ClNO2/c1-14-6-7-3-2-4-8(11)10(7)9(12)5-13/h2-4,9,13H,5-6,12H2,1H3. The lowest BCUT2D eigenvalue weighted by molar-refractivity contribution is 0.182. The number of rotatable bonds is 4. The number of aliphatic hydroxyl groups excluding tert-OH is 1. The Balaban J connectivity index is 3.08. The van der Waals surface area contributed by atoms with Crippen LogP contribution < -0.4 is 5.73 Å². The predicted octanol–water partition coefficient (Wildman–Crippen LogP) is 1.48. The highest BCUT2D eigenvalue weighted by atomic mass is 35.5. The summed E-state index contributed by atoms with van der Waals surface area (Å²) in [6.45, 7) is 0.323. The molecule has 0 saturated carbocycles. The fraction of sp³-hybridized carbons (Fsp3) is 0.400.